The molecule has 1 aliphatic carbocycles. The molecule has 2 fully saturated rings. The van der Waals surface area contributed by atoms with Crippen LogP contribution in [0.5, 0.6) is 0 Å². The Morgan fingerprint density at radius 3 is 2.43 bits per heavy atom. The van der Waals surface area contributed by atoms with Crippen LogP contribution in [0.4, 0.5) is 0 Å². The number of ketones is 1. The zero-order valence-electron chi connectivity index (χ0n) is 8.24. The minimum atomic E-state index is -0.947. The van der Waals surface area contributed by atoms with Crippen LogP contribution < -0.4 is 0 Å². The zero-order valence-corrected chi connectivity index (χ0v) is 9.05. The van der Waals surface area contributed by atoms with E-state index < -0.39 is 10.8 Å². The van der Waals surface area contributed by atoms with E-state index in [9.17, 15) is 9.00 Å². The summed E-state index contributed by atoms with van der Waals surface area (Å²) in [5, 5.41) is 0.200. The molecule has 80 valence electrons. The number of hydrogen-bond donors (Lipinski definition) is 0. The van der Waals surface area contributed by atoms with E-state index in [0.717, 1.165) is 25.7 Å². The molecule has 0 bridgehead atoms. The molecule has 0 spiro atoms. The third kappa shape index (κ3) is 2.64. The lowest BCUT2D eigenvalue weighted by atomic mass is 10.2. The third-order valence-electron chi connectivity index (χ3n) is 2.86. The summed E-state index contributed by atoms with van der Waals surface area (Å²) in [5.74, 6) is 0.753. The molecule has 3 nitrogen and oxygen atoms in total. The molecule has 0 amide bonds. The number of rotatable bonds is 4. The number of carbonyl (C=O) groups is 1. The molecule has 14 heavy (non-hydrogen) atoms. The minimum absolute atomic E-state index is 0.200. The Morgan fingerprint density at radius 2 is 1.86 bits per heavy atom. The topological polar surface area (TPSA) is 43.4 Å². The molecular weight excluding hydrogens is 200 g/mol. The molecule has 1 aliphatic heterocycles. The molecular formula is C10H16O3S. The molecule has 2 rings (SSSR count). The van der Waals surface area contributed by atoms with Crippen molar-refractivity contribution in [2.75, 3.05) is 19.0 Å². The minimum Gasteiger partial charge on any atom is -0.381 e. The predicted molar refractivity (Wildman–Crippen MR) is 54.6 cm³/mol. The van der Waals surface area contributed by atoms with Crippen LogP contribution >= 0.6 is 0 Å². The SMILES string of the molecule is O=C(CS(=O)C1CCOCC1)C1CC1. The van der Waals surface area contributed by atoms with Gasteiger partial charge in [0.1, 0.15) is 5.78 Å². The Bertz CT molecular complexity index is 242. The van der Waals surface area contributed by atoms with Crippen LogP contribution in [0.25, 0.3) is 0 Å². The molecule has 4 heteroatoms. The van der Waals surface area contributed by atoms with Gasteiger partial charge in [-0.1, -0.05) is 0 Å². The van der Waals surface area contributed by atoms with Crippen molar-refractivity contribution in [3.05, 3.63) is 0 Å². The summed E-state index contributed by atoms with van der Waals surface area (Å²) in [7, 11) is -0.947. The summed E-state index contributed by atoms with van der Waals surface area (Å²) in [6, 6.07) is 0. The van der Waals surface area contributed by atoms with Gasteiger partial charge in [0.05, 0.1) is 5.75 Å². The van der Waals surface area contributed by atoms with Crippen LogP contribution in [0.15, 0.2) is 0 Å². The van der Waals surface area contributed by atoms with Gasteiger partial charge in [0, 0.05) is 35.2 Å². The van der Waals surface area contributed by atoms with E-state index in [0.29, 0.717) is 13.2 Å². The number of carbonyl (C=O) groups excluding carboxylic acids is 1. The van der Waals surface area contributed by atoms with Crippen molar-refractivity contribution in [3.63, 3.8) is 0 Å². The van der Waals surface area contributed by atoms with Gasteiger partial charge < -0.3 is 4.74 Å². The van der Waals surface area contributed by atoms with E-state index in [-0.39, 0.29) is 22.7 Å². The van der Waals surface area contributed by atoms with Crippen molar-refractivity contribution < 1.29 is 13.7 Å². The van der Waals surface area contributed by atoms with Crippen LogP contribution in [0.2, 0.25) is 0 Å². The van der Waals surface area contributed by atoms with Gasteiger partial charge in [-0.2, -0.15) is 0 Å². The lowest BCUT2D eigenvalue weighted by Crippen LogP contribution is -2.29. The second-order valence-electron chi connectivity index (χ2n) is 4.08. The van der Waals surface area contributed by atoms with Crippen LogP contribution in [0.1, 0.15) is 25.7 Å². The molecule has 2 aliphatic rings. The highest BCUT2D eigenvalue weighted by atomic mass is 32.2. The van der Waals surface area contributed by atoms with E-state index in [2.05, 4.69) is 0 Å². The van der Waals surface area contributed by atoms with Gasteiger partial charge in [0.15, 0.2) is 0 Å². The van der Waals surface area contributed by atoms with E-state index >= 15 is 0 Å². The number of hydrogen-bond acceptors (Lipinski definition) is 3. The summed E-state index contributed by atoms with van der Waals surface area (Å²) >= 11 is 0. The Labute approximate surface area is 86.7 Å². The smallest absolute Gasteiger partial charge is 0.148 e. The fraction of sp³-hybridized carbons (Fsp3) is 0.900. The Balaban J connectivity index is 1.78. The fourth-order valence-electron chi connectivity index (χ4n) is 1.72. The Kier molecular flexibility index (Phi) is 3.34. The molecule has 0 radical (unpaired) electrons. The molecule has 1 saturated heterocycles. The average molecular weight is 216 g/mol. The quantitative estimate of drug-likeness (QED) is 0.701. The molecule has 0 aromatic carbocycles. The Hall–Kier alpha value is -0.220. The summed E-state index contributed by atoms with van der Waals surface area (Å²) in [4.78, 5) is 11.4. The average Bonchev–Trinajstić information content (AvgIpc) is 3.02. The first kappa shape index (κ1) is 10.3. The van der Waals surface area contributed by atoms with E-state index in [1.807, 2.05) is 0 Å². The van der Waals surface area contributed by atoms with Crippen molar-refractivity contribution in [2.24, 2.45) is 5.92 Å². The van der Waals surface area contributed by atoms with E-state index in [1.54, 1.807) is 0 Å². The number of Topliss-reactive ketones (excluding diaryl/α,β-unsaturated/α-hetero) is 1. The maximum atomic E-state index is 11.8. The summed E-state index contributed by atoms with van der Waals surface area (Å²) in [6.45, 7) is 1.40. The number of ether oxygens (including phenoxy) is 1. The second-order valence-corrected chi connectivity index (χ2v) is 5.79. The summed E-state index contributed by atoms with van der Waals surface area (Å²) in [5.41, 5.74) is 0. The van der Waals surface area contributed by atoms with Crippen LogP contribution in [0.3, 0.4) is 0 Å². The molecule has 1 heterocycles. The largest absolute Gasteiger partial charge is 0.381 e. The maximum Gasteiger partial charge on any atom is 0.148 e. The van der Waals surface area contributed by atoms with E-state index in [1.165, 1.54) is 0 Å². The first-order valence-electron chi connectivity index (χ1n) is 5.25. The molecule has 1 atom stereocenters. The van der Waals surface area contributed by atoms with Crippen LogP contribution in [-0.2, 0) is 20.3 Å². The Morgan fingerprint density at radius 1 is 1.21 bits per heavy atom. The predicted octanol–water partition coefficient (Wildman–Crippen LogP) is 0.893. The van der Waals surface area contributed by atoms with Crippen molar-refractivity contribution in [1.82, 2.24) is 0 Å². The maximum absolute atomic E-state index is 11.8. The third-order valence-corrected chi connectivity index (χ3v) is 4.64. The highest BCUT2D eigenvalue weighted by Crippen LogP contribution is 2.30. The highest BCUT2D eigenvalue weighted by molar-refractivity contribution is 7.86. The van der Waals surface area contributed by atoms with Gasteiger partial charge in [-0.05, 0) is 25.7 Å². The van der Waals surface area contributed by atoms with Crippen LogP contribution in [-0.4, -0.2) is 34.2 Å². The normalized spacial score (nSPS) is 26.0. The van der Waals surface area contributed by atoms with Gasteiger partial charge in [-0.3, -0.25) is 9.00 Å². The van der Waals surface area contributed by atoms with Gasteiger partial charge in [-0.15, -0.1) is 0 Å². The molecule has 0 aromatic rings. The molecule has 0 N–H and O–H groups in total. The van der Waals surface area contributed by atoms with Gasteiger partial charge in [0.25, 0.3) is 0 Å². The highest BCUT2D eigenvalue weighted by Gasteiger charge is 2.32. The van der Waals surface area contributed by atoms with E-state index in [4.69, 9.17) is 4.74 Å². The molecule has 0 aromatic heterocycles. The van der Waals surface area contributed by atoms with Gasteiger partial charge in [-0.25, -0.2) is 0 Å². The second kappa shape index (κ2) is 4.53. The lowest BCUT2D eigenvalue weighted by molar-refractivity contribution is -0.117. The van der Waals surface area contributed by atoms with Gasteiger partial charge >= 0.3 is 0 Å². The van der Waals surface area contributed by atoms with Crippen molar-refractivity contribution in [3.8, 4) is 0 Å². The van der Waals surface area contributed by atoms with Crippen molar-refractivity contribution in [1.29, 1.82) is 0 Å². The fourth-order valence-corrected chi connectivity index (χ4v) is 3.19. The lowest BCUT2D eigenvalue weighted by Gasteiger charge is -2.20. The van der Waals surface area contributed by atoms with Crippen molar-refractivity contribution >= 4 is 16.6 Å². The first-order valence-corrected chi connectivity index (χ1v) is 6.63. The zero-order chi connectivity index (χ0) is 9.97. The standard InChI is InChI=1S/C10H16O3S/c11-10(8-1-2-8)7-14(12)9-3-5-13-6-4-9/h8-9H,1-7H2. The van der Waals surface area contributed by atoms with Crippen molar-refractivity contribution in [2.45, 2.75) is 30.9 Å². The monoisotopic (exact) mass is 216 g/mol. The summed E-state index contributed by atoms with van der Waals surface area (Å²) in [6.07, 6.45) is 3.74. The molecule has 1 unspecified atom stereocenters. The van der Waals surface area contributed by atoms with Crippen LogP contribution in [0, 0.1) is 5.92 Å². The summed E-state index contributed by atoms with van der Waals surface area (Å²) < 4.78 is 17.0. The van der Waals surface area contributed by atoms with Gasteiger partial charge in [0.2, 0.25) is 0 Å². The molecule has 1 saturated carbocycles. The first-order chi connectivity index (χ1) is 6.77.